The Balaban J connectivity index is 2.50. The Morgan fingerprint density at radius 3 is 2.41 bits per heavy atom. The van der Waals surface area contributed by atoms with Crippen LogP contribution in [-0.4, -0.2) is 26.0 Å². The first-order valence-electron chi connectivity index (χ1n) is 5.84. The van der Waals surface area contributed by atoms with Crippen molar-refractivity contribution in [1.29, 1.82) is 0 Å². The van der Waals surface area contributed by atoms with E-state index in [1.807, 2.05) is 50.2 Å². The van der Waals surface area contributed by atoms with Gasteiger partial charge in [0.2, 0.25) is 5.91 Å². The lowest BCUT2D eigenvalue weighted by Gasteiger charge is -2.13. The summed E-state index contributed by atoms with van der Waals surface area (Å²) < 4.78 is 0. The summed E-state index contributed by atoms with van der Waals surface area (Å²) in [6.07, 6.45) is 0.658. The predicted molar refractivity (Wildman–Crippen MR) is 70.9 cm³/mol. The van der Waals surface area contributed by atoms with E-state index in [0.29, 0.717) is 13.0 Å². The van der Waals surface area contributed by atoms with Crippen LogP contribution in [0.5, 0.6) is 0 Å². The molecule has 4 nitrogen and oxygen atoms in total. The van der Waals surface area contributed by atoms with E-state index in [0.717, 1.165) is 11.3 Å². The Morgan fingerprint density at radius 1 is 1.35 bits per heavy atom. The standard InChI is InChI=1S/C13H21N3O/c1-4-12(14)13(17)15-9-10-5-7-11(8-6-10)16(2)3/h5-8,12H,4,9,14H2,1-3H3,(H,15,17)/t12-/m0/s1. The highest BCUT2D eigenvalue weighted by Crippen LogP contribution is 2.11. The molecule has 94 valence electrons. The highest BCUT2D eigenvalue weighted by atomic mass is 16.2. The molecule has 0 radical (unpaired) electrons. The molecule has 1 amide bonds. The van der Waals surface area contributed by atoms with Crippen molar-refractivity contribution in [3.05, 3.63) is 29.8 Å². The number of benzene rings is 1. The van der Waals surface area contributed by atoms with E-state index in [9.17, 15) is 4.79 Å². The molecule has 0 spiro atoms. The molecule has 0 fully saturated rings. The summed E-state index contributed by atoms with van der Waals surface area (Å²) in [5.74, 6) is -0.0933. The quantitative estimate of drug-likeness (QED) is 0.803. The van der Waals surface area contributed by atoms with Crippen molar-refractivity contribution in [3.63, 3.8) is 0 Å². The Hall–Kier alpha value is -1.55. The first-order chi connectivity index (χ1) is 8.04. The second-order valence-electron chi connectivity index (χ2n) is 4.29. The molecule has 1 aromatic carbocycles. The number of amides is 1. The summed E-state index contributed by atoms with van der Waals surface area (Å²) in [6, 6.07) is 7.67. The Kier molecular flexibility index (Phi) is 4.97. The molecule has 0 aliphatic rings. The van der Waals surface area contributed by atoms with Crippen molar-refractivity contribution >= 4 is 11.6 Å². The van der Waals surface area contributed by atoms with Crippen LogP contribution in [0.3, 0.4) is 0 Å². The number of nitrogens with one attached hydrogen (secondary N) is 1. The molecule has 1 aromatic rings. The van der Waals surface area contributed by atoms with Gasteiger partial charge in [-0.25, -0.2) is 0 Å². The number of carbonyl (C=O) groups excluding carboxylic acids is 1. The van der Waals surface area contributed by atoms with Gasteiger partial charge in [-0.1, -0.05) is 19.1 Å². The predicted octanol–water partition coefficient (Wildman–Crippen LogP) is 1.11. The van der Waals surface area contributed by atoms with Crippen LogP contribution < -0.4 is 16.0 Å². The van der Waals surface area contributed by atoms with Crippen LogP contribution in [0.1, 0.15) is 18.9 Å². The van der Waals surface area contributed by atoms with Crippen LogP contribution >= 0.6 is 0 Å². The molecular formula is C13H21N3O. The lowest BCUT2D eigenvalue weighted by molar-refractivity contribution is -0.122. The smallest absolute Gasteiger partial charge is 0.237 e. The summed E-state index contributed by atoms with van der Waals surface area (Å²) in [7, 11) is 3.99. The molecule has 1 atom stereocenters. The van der Waals surface area contributed by atoms with E-state index < -0.39 is 6.04 Å². The van der Waals surface area contributed by atoms with Crippen molar-refractivity contribution in [2.75, 3.05) is 19.0 Å². The Morgan fingerprint density at radius 2 is 1.94 bits per heavy atom. The van der Waals surface area contributed by atoms with E-state index >= 15 is 0 Å². The molecule has 0 saturated carbocycles. The second-order valence-corrected chi connectivity index (χ2v) is 4.29. The molecule has 17 heavy (non-hydrogen) atoms. The van der Waals surface area contributed by atoms with Gasteiger partial charge in [0.05, 0.1) is 6.04 Å². The zero-order valence-corrected chi connectivity index (χ0v) is 10.7. The minimum absolute atomic E-state index is 0.0933. The van der Waals surface area contributed by atoms with Gasteiger partial charge in [-0.3, -0.25) is 4.79 Å². The minimum Gasteiger partial charge on any atom is -0.378 e. The lowest BCUT2D eigenvalue weighted by Crippen LogP contribution is -2.39. The fourth-order valence-electron chi connectivity index (χ4n) is 1.42. The zero-order chi connectivity index (χ0) is 12.8. The van der Waals surface area contributed by atoms with E-state index in [1.165, 1.54) is 0 Å². The summed E-state index contributed by atoms with van der Waals surface area (Å²) >= 11 is 0. The normalized spacial score (nSPS) is 12.0. The van der Waals surface area contributed by atoms with Gasteiger partial charge in [0.15, 0.2) is 0 Å². The summed E-state index contributed by atoms with van der Waals surface area (Å²) in [6.45, 7) is 2.43. The highest BCUT2D eigenvalue weighted by molar-refractivity contribution is 5.81. The average molecular weight is 235 g/mol. The van der Waals surface area contributed by atoms with E-state index in [4.69, 9.17) is 5.73 Å². The maximum atomic E-state index is 11.5. The van der Waals surface area contributed by atoms with Gasteiger partial charge in [-0.15, -0.1) is 0 Å². The van der Waals surface area contributed by atoms with Crippen LogP contribution in [0, 0.1) is 0 Å². The lowest BCUT2D eigenvalue weighted by atomic mass is 10.2. The summed E-state index contributed by atoms with van der Waals surface area (Å²) in [4.78, 5) is 13.5. The third-order valence-electron chi connectivity index (χ3n) is 2.70. The second kappa shape index (κ2) is 6.25. The molecule has 0 heterocycles. The van der Waals surface area contributed by atoms with Gasteiger partial charge in [0, 0.05) is 26.3 Å². The van der Waals surface area contributed by atoms with Crippen LogP contribution in [0.15, 0.2) is 24.3 Å². The average Bonchev–Trinajstić information content (AvgIpc) is 2.35. The SMILES string of the molecule is CC[C@H](N)C(=O)NCc1ccc(N(C)C)cc1. The van der Waals surface area contributed by atoms with Crippen molar-refractivity contribution in [2.24, 2.45) is 5.73 Å². The van der Waals surface area contributed by atoms with Crippen molar-refractivity contribution < 1.29 is 4.79 Å². The molecule has 4 heteroatoms. The molecule has 0 saturated heterocycles. The number of nitrogens with zero attached hydrogens (tertiary/aromatic N) is 1. The topological polar surface area (TPSA) is 58.4 Å². The summed E-state index contributed by atoms with van der Waals surface area (Å²) in [5.41, 5.74) is 7.85. The number of nitrogens with two attached hydrogens (primary N) is 1. The van der Waals surface area contributed by atoms with E-state index in [2.05, 4.69) is 5.32 Å². The third-order valence-corrected chi connectivity index (χ3v) is 2.70. The maximum Gasteiger partial charge on any atom is 0.237 e. The van der Waals surface area contributed by atoms with E-state index in [1.54, 1.807) is 0 Å². The first-order valence-corrected chi connectivity index (χ1v) is 5.84. The molecule has 1 rings (SSSR count). The third kappa shape index (κ3) is 4.07. The van der Waals surface area contributed by atoms with Gasteiger partial charge in [-0.05, 0) is 24.1 Å². The van der Waals surface area contributed by atoms with Crippen molar-refractivity contribution in [1.82, 2.24) is 5.32 Å². The van der Waals surface area contributed by atoms with Gasteiger partial charge >= 0.3 is 0 Å². The first kappa shape index (κ1) is 13.5. The van der Waals surface area contributed by atoms with Gasteiger partial charge in [-0.2, -0.15) is 0 Å². The molecule has 0 bridgehead atoms. The van der Waals surface area contributed by atoms with Gasteiger partial charge < -0.3 is 16.0 Å². The number of anilines is 1. The van der Waals surface area contributed by atoms with Crippen LogP contribution in [0.25, 0.3) is 0 Å². The molecule has 3 N–H and O–H groups in total. The van der Waals surface area contributed by atoms with Crippen LogP contribution in [0.4, 0.5) is 5.69 Å². The van der Waals surface area contributed by atoms with E-state index in [-0.39, 0.29) is 5.91 Å². The molecule has 0 unspecified atom stereocenters. The van der Waals surface area contributed by atoms with Gasteiger partial charge in [0.25, 0.3) is 0 Å². The summed E-state index contributed by atoms with van der Waals surface area (Å²) in [5, 5.41) is 2.82. The minimum atomic E-state index is -0.406. The Labute approximate surface area is 103 Å². The zero-order valence-electron chi connectivity index (χ0n) is 10.7. The fourth-order valence-corrected chi connectivity index (χ4v) is 1.42. The highest BCUT2D eigenvalue weighted by Gasteiger charge is 2.09. The maximum absolute atomic E-state index is 11.5. The molecule has 0 aromatic heterocycles. The monoisotopic (exact) mass is 235 g/mol. The van der Waals surface area contributed by atoms with Crippen LogP contribution in [-0.2, 0) is 11.3 Å². The van der Waals surface area contributed by atoms with Crippen LogP contribution in [0.2, 0.25) is 0 Å². The fraction of sp³-hybridized carbons (Fsp3) is 0.462. The largest absolute Gasteiger partial charge is 0.378 e. The number of hydrogen-bond acceptors (Lipinski definition) is 3. The van der Waals surface area contributed by atoms with Crippen molar-refractivity contribution in [2.45, 2.75) is 25.9 Å². The molecular weight excluding hydrogens is 214 g/mol. The number of hydrogen-bond donors (Lipinski definition) is 2. The number of carbonyl (C=O) groups is 1. The van der Waals surface area contributed by atoms with Crippen molar-refractivity contribution in [3.8, 4) is 0 Å². The molecule has 0 aliphatic carbocycles. The molecule has 0 aliphatic heterocycles. The number of rotatable bonds is 5. The Bertz CT molecular complexity index is 359. The van der Waals surface area contributed by atoms with Gasteiger partial charge in [0.1, 0.15) is 0 Å².